The van der Waals surface area contributed by atoms with Crippen molar-refractivity contribution < 1.29 is 23.9 Å². The number of hydrogen-bond donors (Lipinski definition) is 1. The van der Waals surface area contributed by atoms with Gasteiger partial charge in [-0.2, -0.15) is 0 Å². The lowest BCUT2D eigenvalue weighted by atomic mass is 10.1. The predicted octanol–water partition coefficient (Wildman–Crippen LogP) is 1.93. The molecular weight excluding hydrogens is 336 g/mol. The highest BCUT2D eigenvalue weighted by Gasteiger charge is 2.35. The van der Waals surface area contributed by atoms with Crippen LogP contribution in [0, 0.1) is 0 Å². The van der Waals surface area contributed by atoms with Crippen molar-refractivity contribution in [3.63, 3.8) is 0 Å². The molecule has 3 amide bonds. The van der Waals surface area contributed by atoms with Crippen LogP contribution < -0.4 is 5.32 Å². The number of ether oxygens (including phenoxy) is 1. The van der Waals surface area contributed by atoms with Gasteiger partial charge in [0.15, 0.2) is 6.10 Å². The number of fused-ring (bicyclic) bond motifs is 1. The molecule has 1 heterocycles. The average molecular weight is 358 g/mol. The Bertz CT molecular complexity index is 792. The fraction of sp³-hybridized carbons (Fsp3) is 0.368. The van der Waals surface area contributed by atoms with Crippen molar-refractivity contribution in [1.82, 2.24) is 10.2 Å². The van der Waals surface area contributed by atoms with Gasteiger partial charge < -0.3 is 10.1 Å². The van der Waals surface area contributed by atoms with Crippen LogP contribution in [0.2, 0.25) is 0 Å². The van der Waals surface area contributed by atoms with Crippen molar-refractivity contribution in [3.05, 3.63) is 47.5 Å². The van der Waals surface area contributed by atoms with Crippen molar-refractivity contribution in [3.8, 4) is 0 Å². The van der Waals surface area contributed by atoms with Crippen LogP contribution in [-0.4, -0.2) is 46.8 Å². The lowest BCUT2D eigenvalue weighted by Crippen LogP contribution is -2.46. The molecule has 0 spiro atoms. The van der Waals surface area contributed by atoms with Gasteiger partial charge in [-0.25, -0.2) is 4.79 Å². The number of amides is 3. The minimum Gasteiger partial charge on any atom is -0.449 e. The quantitative estimate of drug-likeness (QED) is 0.493. The second-order valence-corrected chi connectivity index (χ2v) is 7.06. The topological polar surface area (TPSA) is 92.8 Å². The fourth-order valence-corrected chi connectivity index (χ4v) is 2.47. The second kappa shape index (κ2) is 7.11. The summed E-state index contributed by atoms with van der Waals surface area (Å²) in [4.78, 5) is 49.8. The van der Waals surface area contributed by atoms with E-state index in [1.807, 2.05) is 20.8 Å². The number of rotatable bonds is 5. The molecule has 1 atom stereocenters. The maximum absolute atomic E-state index is 12.3. The summed E-state index contributed by atoms with van der Waals surface area (Å²) >= 11 is 0. The van der Waals surface area contributed by atoms with E-state index in [0.29, 0.717) is 0 Å². The van der Waals surface area contributed by atoms with Gasteiger partial charge in [0, 0.05) is 12.1 Å². The van der Waals surface area contributed by atoms with Crippen molar-refractivity contribution in [1.29, 1.82) is 0 Å². The first-order valence-corrected chi connectivity index (χ1v) is 8.19. The Morgan fingerprint density at radius 3 is 2.42 bits per heavy atom. The minimum atomic E-state index is -0.996. The molecule has 0 saturated carbocycles. The van der Waals surface area contributed by atoms with E-state index >= 15 is 0 Å². The second-order valence-electron chi connectivity index (χ2n) is 7.06. The Hall–Kier alpha value is -2.96. The molecule has 0 aliphatic carbocycles. The van der Waals surface area contributed by atoms with Crippen molar-refractivity contribution in [2.75, 3.05) is 6.54 Å². The zero-order valence-electron chi connectivity index (χ0n) is 15.3. The predicted molar refractivity (Wildman–Crippen MR) is 94.8 cm³/mol. The van der Waals surface area contributed by atoms with Crippen LogP contribution in [0.1, 0.15) is 58.8 Å². The average Bonchev–Trinajstić information content (AvgIpc) is 2.78. The van der Waals surface area contributed by atoms with Crippen LogP contribution in [0.3, 0.4) is 0 Å². The molecule has 0 aromatic heterocycles. The molecule has 7 nitrogen and oxygen atoms in total. The summed E-state index contributed by atoms with van der Waals surface area (Å²) in [6.45, 7) is 10.5. The van der Waals surface area contributed by atoms with Crippen LogP contribution in [0.15, 0.2) is 30.9 Å². The Morgan fingerprint density at radius 1 is 1.23 bits per heavy atom. The molecule has 26 heavy (non-hydrogen) atoms. The largest absolute Gasteiger partial charge is 0.449 e. The molecule has 0 fully saturated rings. The third kappa shape index (κ3) is 3.99. The summed E-state index contributed by atoms with van der Waals surface area (Å²) in [5.41, 5.74) is 0.0120. The molecule has 7 heteroatoms. The number of hydrogen-bond acceptors (Lipinski definition) is 5. The third-order valence-electron chi connectivity index (χ3n) is 3.67. The maximum Gasteiger partial charge on any atom is 0.338 e. The lowest BCUT2D eigenvalue weighted by molar-refractivity contribution is -0.130. The first kappa shape index (κ1) is 19.4. The Balaban J connectivity index is 2.15. The van der Waals surface area contributed by atoms with E-state index < -0.39 is 35.3 Å². The maximum atomic E-state index is 12.3. The standard InChI is InChI=1S/C19H22N2O5/c1-6-9-21-16(23)13-8-7-12(10-14(13)17(21)24)18(25)26-11(2)15(22)20-19(3,4)5/h6-8,10-11H,1,9H2,2-5H3,(H,20,22)/t11-/m0/s1. The first-order chi connectivity index (χ1) is 12.0. The van der Waals surface area contributed by atoms with E-state index in [1.54, 1.807) is 0 Å². The molecule has 1 aromatic rings. The molecule has 1 aliphatic heterocycles. The number of nitrogens with zero attached hydrogens (tertiary/aromatic N) is 1. The number of nitrogens with one attached hydrogen (secondary N) is 1. The molecule has 0 saturated heterocycles. The summed E-state index contributed by atoms with van der Waals surface area (Å²) < 4.78 is 5.16. The van der Waals surface area contributed by atoms with E-state index in [0.717, 1.165) is 4.90 Å². The van der Waals surface area contributed by atoms with Crippen LogP contribution in [-0.2, 0) is 9.53 Å². The highest BCUT2D eigenvalue weighted by molar-refractivity contribution is 6.22. The Kier molecular flexibility index (Phi) is 5.30. The summed E-state index contributed by atoms with van der Waals surface area (Å²) in [6, 6.07) is 4.13. The Morgan fingerprint density at radius 2 is 1.85 bits per heavy atom. The van der Waals surface area contributed by atoms with Gasteiger partial charge in [0.1, 0.15) is 0 Å². The van der Waals surface area contributed by atoms with Gasteiger partial charge in [-0.05, 0) is 45.9 Å². The molecule has 138 valence electrons. The van der Waals surface area contributed by atoms with E-state index in [-0.39, 0.29) is 23.2 Å². The van der Waals surface area contributed by atoms with Gasteiger partial charge in [-0.1, -0.05) is 6.08 Å². The third-order valence-corrected chi connectivity index (χ3v) is 3.67. The molecule has 1 aliphatic rings. The van der Waals surface area contributed by atoms with Gasteiger partial charge in [0.25, 0.3) is 17.7 Å². The van der Waals surface area contributed by atoms with Crippen LogP contribution >= 0.6 is 0 Å². The van der Waals surface area contributed by atoms with Crippen LogP contribution in [0.5, 0.6) is 0 Å². The van der Waals surface area contributed by atoms with Gasteiger partial charge in [-0.15, -0.1) is 6.58 Å². The normalized spacial score (nSPS) is 14.7. The van der Waals surface area contributed by atoms with E-state index in [4.69, 9.17) is 4.74 Å². The lowest BCUT2D eigenvalue weighted by Gasteiger charge is -2.23. The highest BCUT2D eigenvalue weighted by Crippen LogP contribution is 2.24. The zero-order valence-corrected chi connectivity index (χ0v) is 15.3. The number of carbonyl (C=O) groups is 4. The number of carbonyl (C=O) groups excluding carboxylic acids is 4. The van der Waals surface area contributed by atoms with Crippen molar-refractivity contribution >= 4 is 23.7 Å². The number of benzene rings is 1. The Labute approximate surface area is 152 Å². The van der Waals surface area contributed by atoms with Gasteiger partial charge >= 0.3 is 5.97 Å². The SMILES string of the molecule is C=CCN1C(=O)c2ccc(C(=O)O[C@@H](C)C(=O)NC(C)(C)C)cc2C1=O. The van der Waals surface area contributed by atoms with E-state index in [2.05, 4.69) is 11.9 Å². The summed E-state index contributed by atoms with van der Waals surface area (Å²) in [5, 5.41) is 2.72. The van der Waals surface area contributed by atoms with Crippen molar-refractivity contribution in [2.45, 2.75) is 39.3 Å². The summed E-state index contributed by atoms with van der Waals surface area (Å²) in [5.74, 6) is -2.08. The smallest absolute Gasteiger partial charge is 0.338 e. The molecule has 0 unspecified atom stereocenters. The number of imide groups is 1. The molecule has 1 N–H and O–H groups in total. The zero-order chi connectivity index (χ0) is 19.6. The fourth-order valence-electron chi connectivity index (χ4n) is 2.47. The van der Waals surface area contributed by atoms with Crippen LogP contribution in [0.25, 0.3) is 0 Å². The van der Waals surface area contributed by atoms with E-state index in [1.165, 1.54) is 31.2 Å². The molecule has 0 radical (unpaired) electrons. The van der Waals surface area contributed by atoms with Crippen molar-refractivity contribution in [2.24, 2.45) is 0 Å². The van der Waals surface area contributed by atoms with Crippen LogP contribution in [0.4, 0.5) is 0 Å². The molecule has 0 bridgehead atoms. The first-order valence-electron chi connectivity index (χ1n) is 8.19. The summed E-state index contributed by atoms with van der Waals surface area (Å²) in [6.07, 6.45) is 0.455. The van der Waals surface area contributed by atoms with Gasteiger partial charge in [0.2, 0.25) is 0 Å². The summed E-state index contributed by atoms with van der Waals surface area (Å²) in [7, 11) is 0. The van der Waals surface area contributed by atoms with Gasteiger partial charge in [0.05, 0.1) is 16.7 Å². The molecule has 2 rings (SSSR count). The highest BCUT2D eigenvalue weighted by atomic mass is 16.5. The van der Waals surface area contributed by atoms with E-state index in [9.17, 15) is 19.2 Å². The molecule has 1 aromatic carbocycles. The monoisotopic (exact) mass is 358 g/mol. The molecular formula is C19H22N2O5. The minimum absolute atomic E-state index is 0.0934. The number of esters is 1. The van der Waals surface area contributed by atoms with Gasteiger partial charge in [-0.3, -0.25) is 19.3 Å².